The Kier molecular flexibility index (Phi) is 4.34. The third kappa shape index (κ3) is 3.39. The number of hydrogen-bond donors (Lipinski definition) is 1. The minimum Gasteiger partial charge on any atom is -0.349 e. The Balaban J connectivity index is 1.98. The molecule has 0 aliphatic carbocycles. The van der Waals surface area contributed by atoms with Gasteiger partial charge in [0, 0.05) is 32.8 Å². The molecule has 17 heavy (non-hydrogen) atoms. The minimum atomic E-state index is -0.685. The normalized spacial score (nSPS) is 24.3. The number of rotatable bonds is 2. The zero-order valence-corrected chi connectivity index (χ0v) is 11.7. The number of nitrogens with one attached hydrogen (secondary N) is 1. The second kappa shape index (κ2) is 5.78. The first kappa shape index (κ1) is 12.8. The van der Waals surface area contributed by atoms with Gasteiger partial charge in [0.2, 0.25) is 0 Å². The molecule has 1 heterocycles. The highest BCUT2D eigenvalue weighted by atomic mass is 79.9. The van der Waals surface area contributed by atoms with Crippen LogP contribution in [0.25, 0.3) is 0 Å². The molecule has 1 N–H and O–H groups in total. The van der Waals surface area contributed by atoms with E-state index in [1.807, 2.05) is 18.2 Å². The van der Waals surface area contributed by atoms with Crippen LogP contribution in [0.2, 0.25) is 0 Å². The van der Waals surface area contributed by atoms with Crippen LogP contribution in [0.1, 0.15) is 23.2 Å². The van der Waals surface area contributed by atoms with Crippen molar-refractivity contribution in [1.29, 1.82) is 0 Å². The summed E-state index contributed by atoms with van der Waals surface area (Å²) in [5, 5.41) is 2.99. The molecule has 3 nitrogen and oxygen atoms in total. The maximum atomic E-state index is 12.0. The van der Waals surface area contributed by atoms with Crippen molar-refractivity contribution in [2.45, 2.75) is 18.9 Å². The summed E-state index contributed by atoms with van der Waals surface area (Å²) in [4.78, 5) is 12.0. The zero-order chi connectivity index (χ0) is 12.3. The predicted molar refractivity (Wildman–Crippen MR) is 72.5 cm³/mol. The number of hydrogen-bond acceptors (Lipinski definition) is 2. The summed E-state index contributed by atoms with van der Waals surface area (Å²) >= 11 is 3.36. The average molecular weight is 316 g/mol. The van der Waals surface area contributed by atoms with Crippen LogP contribution < -0.4 is 5.32 Å². The second-order valence-electron chi connectivity index (χ2n) is 4.08. The van der Waals surface area contributed by atoms with Crippen LogP contribution in [0.3, 0.4) is 0 Å². The molecule has 1 fully saturated rings. The fourth-order valence-corrected chi connectivity index (χ4v) is 3.61. The molecule has 0 atom stereocenters. The molecule has 0 saturated carbocycles. The highest BCUT2D eigenvalue weighted by molar-refractivity contribution is 9.10. The molecule has 0 radical (unpaired) electrons. The Hall–Kier alpha value is -0.680. The molecule has 1 amide bonds. The molecule has 1 aliphatic rings. The summed E-state index contributed by atoms with van der Waals surface area (Å²) in [6.07, 6.45) is 1.62. The van der Waals surface area contributed by atoms with Crippen molar-refractivity contribution >= 4 is 32.6 Å². The van der Waals surface area contributed by atoms with Crippen molar-refractivity contribution in [3.8, 4) is 0 Å². The summed E-state index contributed by atoms with van der Waals surface area (Å²) in [5.41, 5.74) is 0.652. The lowest BCUT2D eigenvalue weighted by Crippen LogP contribution is -2.39. The van der Waals surface area contributed by atoms with Gasteiger partial charge in [0.25, 0.3) is 5.91 Å². The molecule has 0 aromatic heterocycles. The van der Waals surface area contributed by atoms with Crippen LogP contribution in [0.15, 0.2) is 28.7 Å². The van der Waals surface area contributed by atoms with Crippen LogP contribution in [-0.4, -0.2) is 27.7 Å². The van der Waals surface area contributed by atoms with E-state index in [1.165, 1.54) is 0 Å². The van der Waals surface area contributed by atoms with E-state index in [-0.39, 0.29) is 11.9 Å². The lowest BCUT2D eigenvalue weighted by molar-refractivity contribution is 0.0934. The van der Waals surface area contributed by atoms with Gasteiger partial charge in [-0.1, -0.05) is 12.1 Å². The van der Waals surface area contributed by atoms with Crippen molar-refractivity contribution in [2.75, 3.05) is 11.5 Å². The summed E-state index contributed by atoms with van der Waals surface area (Å²) in [7, 11) is -0.685. The van der Waals surface area contributed by atoms with Gasteiger partial charge in [-0.05, 0) is 40.9 Å². The Morgan fingerprint density at radius 1 is 1.29 bits per heavy atom. The quantitative estimate of drug-likeness (QED) is 0.908. The van der Waals surface area contributed by atoms with Gasteiger partial charge < -0.3 is 5.32 Å². The second-order valence-corrected chi connectivity index (χ2v) is 6.63. The molecule has 1 aromatic rings. The molecule has 2 rings (SSSR count). The first-order valence-electron chi connectivity index (χ1n) is 5.57. The fourth-order valence-electron chi connectivity index (χ4n) is 1.85. The van der Waals surface area contributed by atoms with E-state index in [1.54, 1.807) is 6.07 Å². The molecule has 1 saturated heterocycles. The van der Waals surface area contributed by atoms with Gasteiger partial charge in [-0.3, -0.25) is 9.00 Å². The third-order valence-corrected chi connectivity index (χ3v) is 4.92. The van der Waals surface area contributed by atoms with Gasteiger partial charge in [0.1, 0.15) is 0 Å². The number of carbonyl (C=O) groups is 1. The highest BCUT2D eigenvalue weighted by Crippen LogP contribution is 2.17. The summed E-state index contributed by atoms with van der Waals surface area (Å²) in [6.45, 7) is 0. The summed E-state index contributed by atoms with van der Waals surface area (Å²) in [5.74, 6) is 1.33. The fraction of sp³-hybridized carbons (Fsp3) is 0.417. The Bertz CT molecular complexity index is 440. The Morgan fingerprint density at radius 2 is 1.94 bits per heavy atom. The third-order valence-electron chi connectivity index (χ3n) is 2.84. The van der Waals surface area contributed by atoms with E-state index in [0.717, 1.165) is 17.3 Å². The standard InChI is InChI=1S/C12H14BrNO2S/c13-11-4-2-1-3-10(11)12(15)14-9-5-7-17(16)8-6-9/h1-4,9H,5-8H2,(H,14,15). The van der Waals surface area contributed by atoms with E-state index in [2.05, 4.69) is 21.2 Å². The van der Waals surface area contributed by atoms with Crippen LogP contribution in [-0.2, 0) is 10.8 Å². The first-order valence-corrected chi connectivity index (χ1v) is 7.85. The zero-order valence-electron chi connectivity index (χ0n) is 9.32. The topological polar surface area (TPSA) is 46.2 Å². The van der Waals surface area contributed by atoms with Crippen molar-refractivity contribution in [3.63, 3.8) is 0 Å². The van der Waals surface area contributed by atoms with E-state index in [4.69, 9.17) is 0 Å². The molecule has 1 aliphatic heterocycles. The van der Waals surface area contributed by atoms with Crippen LogP contribution in [0, 0.1) is 0 Å². The monoisotopic (exact) mass is 315 g/mol. The SMILES string of the molecule is O=C(NC1CCS(=O)CC1)c1ccccc1Br. The summed E-state index contributed by atoms with van der Waals surface area (Å²) < 4.78 is 12.0. The number of halogens is 1. The first-order chi connectivity index (χ1) is 8.16. The van der Waals surface area contributed by atoms with Crippen LogP contribution in [0.5, 0.6) is 0 Å². The van der Waals surface area contributed by atoms with Gasteiger partial charge >= 0.3 is 0 Å². The molecule has 5 heteroatoms. The average Bonchev–Trinajstić information content (AvgIpc) is 2.32. The van der Waals surface area contributed by atoms with Gasteiger partial charge in [-0.2, -0.15) is 0 Å². The van der Waals surface area contributed by atoms with Crippen molar-refractivity contribution in [3.05, 3.63) is 34.3 Å². The van der Waals surface area contributed by atoms with Gasteiger partial charge in [0.05, 0.1) is 5.56 Å². The maximum absolute atomic E-state index is 12.0. The smallest absolute Gasteiger partial charge is 0.252 e. The minimum absolute atomic E-state index is 0.0600. The van der Waals surface area contributed by atoms with Crippen molar-refractivity contribution in [2.24, 2.45) is 0 Å². The Labute approximate surface area is 112 Å². The number of benzene rings is 1. The molecule has 1 aromatic carbocycles. The largest absolute Gasteiger partial charge is 0.349 e. The molecule has 0 unspecified atom stereocenters. The number of amides is 1. The van der Waals surface area contributed by atoms with Crippen LogP contribution >= 0.6 is 15.9 Å². The van der Waals surface area contributed by atoms with E-state index in [9.17, 15) is 9.00 Å². The van der Waals surface area contributed by atoms with Crippen molar-refractivity contribution < 1.29 is 9.00 Å². The maximum Gasteiger partial charge on any atom is 0.252 e. The van der Waals surface area contributed by atoms with E-state index in [0.29, 0.717) is 17.1 Å². The van der Waals surface area contributed by atoms with Crippen molar-refractivity contribution in [1.82, 2.24) is 5.32 Å². The Morgan fingerprint density at radius 3 is 2.59 bits per heavy atom. The lowest BCUT2D eigenvalue weighted by Gasteiger charge is -2.22. The molecule has 92 valence electrons. The van der Waals surface area contributed by atoms with E-state index < -0.39 is 10.8 Å². The van der Waals surface area contributed by atoms with Crippen LogP contribution in [0.4, 0.5) is 0 Å². The highest BCUT2D eigenvalue weighted by Gasteiger charge is 2.20. The van der Waals surface area contributed by atoms with Gasteiger partial charge in [-0.15, -0.1) is 0 Å². The lowest BCUT2D eigenvalue weighted by atomic mass is 10.1. The van der Waals surface area contributed by atoms with Gasteiger partial charge in [-0.25, -0.2) is 0 Å². The number of carbonyl (C=O) groups excluding carboxylic acids is 1. The molecular formula is C12H14BrNO2S. The molecular weight excluding hydrogens is 302 g/mol. The van der Waals surface area contributed by atoms with E-state index >= 15 is 0 Å². The molecule has 0 bridgehead atoms. The molecule has 0 spiro atoms. The summed E-state index contributed by atoms with van der Waals surface area (Å²) in [6, 6.07) is 7.53. The predicted octanol–water partition coefficient (Wildman–Crippen LogP) is 2.09. The van der Waals surface area contributed by atoms with Gasteiger partial charge in [0.15, 0.2) is 0 Å².